The molecule has 5 rings (SSSR count). The Morgan fingerprint density at radius 2 is 2.00 bits per heavy atom. The first kappa shape index (κ1) is 21.5. The molecule has 0 saturated carbocycles. The topological polar surface area (TPSA) is 54.2 Å². The summed E-state index contributed by atoms with van der Waals surface area (Å²) in [6, 6.07) is 18.2. The fraction of sp³-hybridized carbons (Fsp3) is 0.160. The van der Waals surface area contributed by atoms with E-state index < -0.39 is 6.04 Å². The number of allylic oxidation sites excluding steroid dienone is 1. The highest BCUT2D eigenvalue weighted by Gasteiger charge is 2.35. The molecule has 166 valence electrons. The van der Waals surface area contributed by atoms with Crippen molar-refractivity contribution in [2.45, 2.75) is 26.3 Å². The molecular weight excluding hydrogens is 455 g/mol. The summed E-state index contributed by atoms with van der Waals surface area (Å²) in [6.45, 7) is 4.09. The van der Waals surface area contributed by atoms with Gasteiger partial charge in [0.1, 0.15) is 5.82 Å². The molecule has 1 aliphatic rings. The molecule has 0 fully saturated rings. The maximum Gasteiger partial charge on any atom is 0.258 e. The lowest BCUT2D eigenvalue weighted by Crippen LogP contribution is -2.46. The largest absolute Gasteiger partial charge is 0.351 e. The third-order valence-electron chi connectivity index (χ3n) is 5.64. The van der Waals surface area contributed by atoms with E-state index in [0.29, 0.717) is 16.8 Å². The molecule has 1 atom stereocenters. The lowest BCUT2D eigenvalue weighted by molar-refractivity contribution is 0.404. The van der Waals surface area contributed by atoms with Gasteiger partial charge in [0.05, 0.1) is 16.5 Å². The molecule has 0 amide bonds. The summed E-state index contributed by atoms with van der Waals surface area (Å²) in [7, 11) is 0. The van der Waals surface area contributed by atoms with Gasteiger partial charge in [-0.25, -0.2) is 4.39 Å². The summed E-state index contributed by atoms with van der Waals surface area (Å²) in [5, 5.41) is 10.1. The van der Waals surface area contributed by atoms with Crippen molar-refractivity contribution in [2.75, 3.05) is 4.90 Å². The highest BCUT2D eigenvalue weighted by atomic mass is 32.1. The van der Waals surface area contributed by atoms with Crippen LogP contribution in [-0.4, -0.2) is 15.3 Å². The molecule has 1 aliphatic heterocycles. The molecule has 5 nitrogen and oxygen atoms in total. The fourth-order valence-electron chi connectivity index (χ4n) is 4.02. The zero-order valence-corrected chi connectivity index (χ0v) is 19.7. The van der Waals surface area contributed by atoms with E-state index in [9.17, 15) is 4.39 Å². The number of aromatic nitrogens is 2. The van der Waals surface area contributed by atoms with Gasteiger partial charge in [-0.15, -0.1) is 11.3 Å². The van der Waals surface area contributed by atoms with Crippen molar-refractivity contribution in [3.63, 3.8) is 0 Å². The zero-order chi connectivity index (χ0) is 22.9. The lowest BCUT2D eigenvalue weighted by atomic mass is 9.94. The number of aryl methyl sites for hydroxylation is 1. The van der Waals surface area contributed by atoms with Crippen LogP contribution in [0.5, 0.6) is 0 Å². The van der Waals surface area contributed by atoms with E-state index in [0.717, 1.165) is 33.8 Å². The number of rotatable bonds is 5. The van der Waals surface area contributed by atoms with Gasteiger partial charge in [-0.05, 0) is 72.4 Å². The summed E-state index contributed by atoms with van der Waals surface area (Å²) in [5.41, 5.74) is 4.48. The maximum atomic E-state index is 14.1. The van der Waals surface area contributed by atoms with E-state index in [1.807, 2.05) is 47.5 Å². The van der Waals surface area contributed by atoms with E-state index in [4.69, 9.17) is 16.7 Å². The first-order chi connectivity index (χ1) is 16.0. The van der Waals surface area contributed by atoms with E-state index in [2.05, 4.69) is 34.5 Å². The second-order valence-electron chi connectivity index (χ2n) is 7.70. The van der Waals surface area contributed by atoms with Crippen LogP contribution in [0.25, 0.3) is 16.3 Å². The molecule has 3 heterocycles. The predicted molar refractivity (Wildman–Crippen MR) is 133 cm³/mol. The molecule has 4 aromatic rings. The van der Waals surface area contributed by atoms with Crippen LogP contribution in [0.4, 0.5) is 10.1 Å². The minimum absolute atomic E-state index is 0.319. The van der Waals surface area contributed by atoms with Crippen LogP contribution in [0.15, 0.2) is 76.3 Å². The van der Waals surface area contributed by atoms with Crippen molar-refractivity contribution in [1.29, 1.82) is 0 Å². The number of thiophene rings is 1. The Morgan fingerprint density at radius 1 is 1.15 bits per heavy atom. The molecular formula is C25H21FN4OS2. The van der Waals surface area contributed by atoms with E-state index in [1.54, 1.807) is 17.4 Å². The Labute approximate surface area is 200 Å². The van der Waals surface area contributed by atoms with E-state index in [-0.39, 0.29) is 5.82 Å². The number of nitrogens with one attached hydrogen (secondary N) is 1. The second-order valence-corrected chi connectivity index (χ2v) is 9.03. The summed E-state index contributed by atoms with van der Waals surface area (Å²) in [5.74, 6) is 0.572. The lowest BCUT2D eigenvalue weighted by Gasteiger charge is -2.37. The van der Waals surface area contributed by atoms with Gasteiger partial charge in [0, 0.05) is 11.4 Å². The fourth-order valence-corrected chi connectivity index (χ4v) is 5.03. The average molecular weight is 477 g/mol. The Hall–Kier alpha value is -3.36. The molecule has 0 aliphatic carbocycles. The SMILES string of the molecule is CCc1cccc(N2C(=S)NC(c3cccc(F)c3)C(c3nc(-c4cccs4)no3)=C2C)c1. The minimum Gasteiger partial charge on any atom is -0.351 e. The number of benzene rings is 2. The third kappa shape index (κ3) is 4.07. The number of halogens is 1. The van der Waals surface area contributed by atoms with Gasteiger partial charge in [-0.3, -0.25) is 4.90 Å². The van der Waals surface area contributed by atoms with Gasteiger partial charge in [0.25, 0.3) is 5.89 Å². The van der Waals surface area contributed by atoms with E-state index in [1.165, 1.54) is 17.7 Å². The van der Waals surface area contributed by atoms with Crippen molar-refractivity contribution in [1.82, 2.24) is 15.5 Å². The molecule has 0 spiro atoms. The van der Waals surface area contributed by atoms with Crippen LogP contribution < -0.4 is 10.2 Å². The first-order valence-corrected chi connectivity index (χ1v) is 11.9. The van der Waals surface area contributed by atoms with Gasteiger partial charge in [-0.2, -0.15) is 4.98 Å². The van der Waals surface area contributed by atoms with Gasteiger partial charge >= 0.3 is 0 Å². The predicted octanol–water partition coefficient (Wildman–Crippen LogP) is 6.37. The summed E-state index contributed by atoms with van der Waals surface area (Å²) < 4.78 is 19.9. The van der Waals surface area contributed by atoms with Crippen LogP contribution in [0.3, 0.4) is 0 Å². The van der Waals surface area contributed by atoms with Crippen LogP contribution in [0, 0.1) is 5.82 Å². The number of hydrogen-bond acceptors (Lipinski definition) is 5. The monoisotopic (exact) mass is 476 g/mol. The molecule has 33 heavy (non-hydrogen) atoms. The van der Waals surface area contributed by atoms with Gasteiger partial charge < -0.3 is 9.84 Å². The Bertz CT molecular complexity index is 1350. The van der Waals surface area contributed by atoms with Gasteiger partial charge in [0.15, 0.2) is 5.11 Å². The van der Waals surface area contributed by atoms with Crippen LogP contribution in [0.1, 0.15) is 36.9 Å². The second kappa shape index (κ2) is 8.88. The Kier molecular flexibility index (Phi) is 5.78. The highest BCUT2D eigenvalue weighted by molar-refractivity contribution is 7.80. The first-order valence-electron chi connectivity index (χ1n) is 10.6. The summed E-state index contributed by atoms with van der Waals surface area (Å²) in [6.07, 6.45) is 0.914. The number of anilines is 1. The zero-order valence-electron chi connectivity index (χ0n) is 18.1. The molecule has 8 heteroatoms. The minimum atomic E-state index is -0.435. The van der Waals surface area contributed by atoms with Crippen molar-refractivity contribution < 1.29 is 8.91 Å². The van der Waals surface area contributed by atoms with Crippen molar-refractivity contribution >= 4 is 39.9 Å². The van der Waals surface area contributed by atoms with Crippen molar-refractivity contribution in [3.05, 3.63) is 94.6 Å². The highest BCUT2D eigenvalue weighted by Crippen LogP contribution is 2.39. The van der Waals surface area contributed by atoms with Crippen LogP contribution in [0.2, 0.25) is 0 Å². The molecule has 1 N–H and O–H groups in total. The standard InChI is InChI=1S/C25H21FN4OS2/c1-3-16-7-4-10-19(13-16)30-15(2)21(24-28-23(29-31-24)20-11-6-12-33-20)22(27-25(30)32)17-8-5-9-18(26)14-17/h4-14,22H,3H2,1-2H3,(H,27,32). The van der Waals surface area contributed by atoms with Crippen LogP contribution in [-0.2, 0) is 6.42 Å². The average Bonchev–Trinajstić information content (AvgIpc) is 3.51. The van der Waals surface area contributed by atoms with E-state index >= 15 is 0 Å². The number of hydrogen-bond donors (Lipinski definition) is 1. The number of thiocarbonyl (C=S) groups is 1. The summed E-state index contributed by atoms with van der Waals surface area (Å²) in [4.78, 5) is 7.56. The molecule has 0 radical (unpaired) electrons. The molecule has 1 unspecified atom stereocenters. The third-order valence-corrected chi connectivity index (χ3v) is 6.81. The molecule has 2 aromatic heterocycles. The maximum absolute atomic E-state index is 14.1. The smallest absolute Gasteiger partial charge is 0.258 e. The quantitative estimate of drug-likeness (QED) is 0.338. The van der Waals surface area contributed by atoms with Gasteiger partial charge in [0.2, 0.25) is 5.82 Å². The van der Waals surface area contributed by atoms with Crippen LogP contribution >= 0.6 is 23.6 Å². The Morgan fingerprint density at radius 3 is 2.76 bits per heavy atom. The molecule has 2 aromatic carbocycles. The normalized spacial score (nSPS) is 16.3. The van der Waals surface area contributed by atoms with Gasteiger partial charge in [-0.1, -0.05) is 42.4 Å². The molecule has 0 bridgehead atoms. The Balaban J connectivity index is 1.67. The molecule has 0 saturated heterocycles. The number of nitrogens with zero attached hydrogens (tertiary/aromatic N) is 3. The van der Waals surface area contributed by atoms with Crippen molar-refractivity contribution in [2.24, 2.45) is 0 Å². The van der Waals surface area contributed by atoms with Crippen molar-refractivity contribution in [3.8, 4) is 10.7 Å². The summed E-state index contributed by atoms with van der Waals surface area (Å²) >= 11 is 7.31.